The summed E-state index contributed by atoms with van der Waals surface area (Å²) in [7, 11) is 0. The van der Waals surface area contributed by atoms with Gasteiger partial charge in [-0.15, -0.1) is 0 Å². The van der Waals surface area contributed by atoms with Crippen molar-refractivity contribution in [3.63, 3.8) is 0 Å². The number of benzene rings is 1. The highest BCUT2D eigenvalue weighted by Gasteiger charge is 2.50. The molecule has 0 unspecified atom stereocenters. The number of rotatable bonds is 2. The summed E-state index contributed by atoms with van der Waals surface area (Å²) in [5.74, 6) is -3.36. The summed E-state index contributed by atoms with van der Waals surface area (Å²) in [4.78, 5) is 23.3. The van der Waals surface area contributed by atoms with Crippen molar-refractivity contribution in [3.8, 4) is 0 Å². The smallest absolute Gasteiger partial charge is 0.471 e. The Labute approximate surface area is 122 Å². The second-order valence-electron chi connectivity index (χ2n) is 4.53. The molecule has 0 aromatic heterocycles. The van der Waals surface area contributed by atoms with Crippen molar-refractivity contribution in [1.29, 1.82) is 0 Å². The molecule has 1 aromatic carbocycles. The van der Waals surface area contributed by atoms with Crippen LogP contribution in [0, 0.1) is 0 Å². The van der Waals surface area contributed by atoms with Gasteiger partial charge < -0.3 is 10.0 Å². The lowest BCUT2D eigenvalue weighted by atomic mass is 10.0. The molecule has 1 amide bonds. The van der Waals surface area contributed by atoms with Crippen LogP contribution in [-0.4, -0.2) is 45.6 Å². The van der Waals surface area contributed by atoms with Crippen LogP contribution in [0.4, 0.5) is 13.2 Å². The third kappa shape index (κ3) is 3.31. The number of aliphatic carboxylic acids is 1. The molecule has 21 heavy (non-hydrogen) atoms. The maximum absolute atomic E-state index is 12.8. The fourth-order valence-electron chi connectivity index (χ4n) is 2.22. The highest BCUT2D eigenvalue weighted by Crippen LogP contribution is 2.36. The van der Waals surface area contributed by atoms with Crippen LogP contribution in [0.1, 0.15) is 11.6 Å². The largest absolute Gasteiger partial charge is 0.480 e. The number of amides is 1. The number of halogens is 3. The highest BCUT2D eigenvalue weighted by molar-refractivity contribution is 7.99. The Morgan fingerprint density at radius 1 is 1.19 bits per heavy atom. The molecule has 2 rings (SSSR count). The topological polar surface area (TPSA) is 57.6 Å². The van der Waals surface area contributed by atoms with Gasteiger partial charge in [0, 0.05) is 11.5 Å². The van der Waals surface area contributed by atoms with E-state index in [2.05, 4.69) is 0 Å². The number of carboxylic acids is 1. The lowest BCUT2D eigenvalue weighted by Gasteiger charge is -2.40. The molecule has 8 heteroatoms. The van der Waals surface area contributed by atoms with Crippen LogP contribution < -0.4 is 0 Å². The molecule has 4 nitrogen and oxygen atoms in total. The number of hydrogen-bond acceptors (Lipinski definition) is 3. The second kappa shape index (κ2) is 5.97. The van der Waals surface area contributed by atoms with Crippen LogP contribution in [0.15, 0.2) is 30.3 Å². The molecule has 1 N–H and O–H groups in total. The van der Waals surface area contributed by atoms with Gasteiger partial charge in [-0.3, -0.25) is 4.79 Å². The number of alkyl halides is 3. The minimum atomic E-state index is -5.09. The number of nitrogens with zero attached hydrogens (tertiary/aromatic N) is 1. The Balaban J connectivity index is 2.42. The standard InChI is InChI=1S/C13H12F3NO3S/c14-13(15,16)12(20)17-9(8-4-2-1-3-5-8)6-21-7-10(17)11(18)19/h1-5,9-10H,6-7H2,(H,18,19)/t9-,10+/m1/s1. The first kappa shape index (κ1) is 15.7. The molecule has 1 aliphatic heterocycles. The first-order chi connectivity index (χ1) is 9.82. The molecule has 2 atom stereocenters. The van der Waals surface area contributed by atoms with Crippen LogP contribution in [0.25, 0.3) is 0 Å². The average Bonchev–Trinajstić information content (AvgIpc) is 2.45. The predicted octanol–water partition coefficient (Wildman–Crippen LogP) is 2.32. The zero-order valence-electron chi connectivity index (χ0n) is 10.7. The molecule has 1 heterocycles. The van der Waals surface area contributed by atoms with Crippen molar-refractivity contribution in [1.82, 2.24) is 4.90 Å². The molecule has 0 saturated carbocycles. The Hall–Kier alpha value is -1.70. The van der Waals surface area contributed by atoms with E-state index >= 15 is 0 Å². The van der Waals surface area contributed by atoms with Gasteiger partial charge in [0.15, 0.2) is 0 Å². The molecule has 1 aliphatic rings. The number of carbonyl (C=O) groups is 2. The van der Waals surface area contributed by atoms with Gasteiger partial charge >= 0.3 is 18.1 Å². The molecule has 1 aromatic rings. The van der Waals surface area contributed by atoms with E-state index < -0.39 is 30.1 Å². The lowest BCUT2D eigenvalue weighted by Crippen LogP contribution is -2.55. The molecule has 0 aliphatic carbocycles. The third-order valence-electron chi connectivity index (χ3n) is 3.17. The van der Waals surface area contributed by atoms with Gasteiger partial charge in [-0.2, -0.15) is 24.9 Å². The Morgan fingerprint density at radius 3 is 2.33 bits per heavy atom. The van der Waals surface area contributed by atoms with Crippen molar-refractivity contribution in [2.45, 2.75) is 18.3 Å². The van der Waals surface area contributed by atoms with E-state index in [1.807, 2.05) is 0 Å². The number of thioether (sulfide) groups is 1. The predicted molar refractivity (Wildman–Crippen MR) is 70.8 cm³/mol. The van der Waals surface area contributed by atoms with Crippen molar-refractivity contribution in [2.75, 3.05) is 11.5 Å². The maximum atomic E-state index is 12.8. The zero-order valence-corrected chi connectivity index (χ0v) is 11.5. The fraction of sp³-hybridized carbons (Fsp3) is 0.385. The first-order valence-corrected chi connectivity index (χ1v) is 7.23. The van der Waals surface area contributed by atoms with E-state index in [4.69, 9.17) is 5.11 Å². The van der Waals surface area contributed by atoms with Gasteiger partial charge in [-0.05, 0) is 5.56 Å². The molecule has 0 bridgehead atoms. The van der Waals surface area contributed by atoms with Gasteiger partial charge in [0.05, 0.1) is 6.04 Å². The van der Waals surface area contributed by atoms with Crippen LogP contribution in [0.5, 0.6) is 0 Å². The highest BCUT2D eigenvalue weighted by atomic mass is 32.2. The third-order valence-corrected chi connectivity index (χ3v) is 4.27. The maximum Gasteiger partial charge on any atom is 0.471 e. The zero-order chi connectivity index (χ0) is 15.6. The Kier molecular flexibility index (Phi) is 4.46. The van der Waals surface area contributed by atoms with Crippen LogP contribution in [-0.2, 0) is 9.59 Å². The molecule has 1 fully saturated rings. The van der Waals surface area contributed by atoms with Crippen molar-refractivity contribution >= 4 is 23.6 Å². The summed E-state index contributed by atoms with van der Waals surface area (Å²) >= 11 is 1.22. The molecule has 114 valence electrons. The normalized spacial score (nSPS) is 22.9. The summed E-state index contributed by atoms with van der Waals surface area (Å²) in [5.41, 5.74) is 0.494. The minimum Gasteiger partial charge on any atom is -0.480 e. The molecule has 0 spiro atoms. The quantitative estimate of drug-likeness (QED) is 0.909. The molecular weight excluding hydrogens is 307 g/mol. The van der Waals surface area contributed by atoms with Gasteiger partial charge in [0.2, 0.25) is 0 Å². The summed E-state index contributed by atoms with van der Waals surface area (Å²) in [6.07, 6.45) is -5.09. The summed E-state index contributed by atoms with van der Waals surface area (Å²) in [6.45, 7) is 0. The molecule has 1 saturated heterocycles. The summed E-state index contributed by atoms with van der Waals surface area (Å²) < 4.78 is 38.3. The van der Waals surface area contributed by atoms with E-state index in [-0.39, 0.29) is 11.5 Å². The minimum absolute atomic E-state index is 0.0551. The van der Waals surface area contributed by atoms with Crippen LogP contribution in [0.3, 0.4) is 0 Å². The fourth-order valence-corrected chi connectivity index (χ4v) is 3.46. The average molecular weight is 319 g/mol. The van der Waals surface area contributed by atoms with E-state index in [9.17, 15) is 22.8 Å². The summed E-state index contributed by atoms with van der Waals surface area (Å²) in [6, 6.07) is 5.77. The second-order valence-corrected chi connectivity index (χ2v) is 5.60. The van der Waals surface area contributed by atoms with Gasteiger partial charge in [-0.1, -0.05) is 30.3 Å². The van der Waals surface area contributed by atoms with Crippen molar-refractivity contribution in [3.05, 3.63) is 35.9 Å². The van der Waals surface area contributed by atoms with Crippen LogP contribution in [0.2, 0.25) is 0 Å². The van der Waals surface area contributed by atoms with Crippen LogP contribution >= 0.6 is 11.8 Å². The van der Waals surface area contributed by atoms with E-state index in [1.54, 1.807) is 30.3 Å². The Bertz CT molecular complexity index is 535. The van der Waals surface area contributed by atoms with E-state index in [0.717, 1.165) is 0 Å². The SMILES string of the molecule is O=C(O)[C@@H]1CSC[C@H](c2ccccc2)N1C(=O)C(F)(F)F. The molecular formula is C13H12F3NO3S. The Morgan fingerprint density at radius 2 is 1.81 bits per heavy atom. The van der Waals surface area contributed by atoms with Crippen molar-refractivity contribution in [2.24, 2.45) is 0 Å². The first-order valence-electron chi connectivity index (χ1n) is 6.07. The number of hydrogen-bond donors (Lipinski definition) is 1. The van der Waals surface area contributed by atoms with Crippen molar-refractivity contribution < 1.29 is 27.9 Å². The summed E-state index contributed by atoms with van der Waals surface area (Å²) in [5, 5.41) is 9.11. The van der Waals surface area contributed by atoms with Gasteiger partial charge in [-0.25, -0.2) is 4.79 Å². The van der Waals surface area contributed by atoms with E-state index in [0.29, 0.717) is 10.5 Å². The number of carbonyl (C=O) groups excluding carboxylic acids is 1. The van der Waals surface area contributed by atoms with Gasteiger partial charge in [0.25, 0.3) is 0 Å². The number of carboxylic acid groups (broad SMARTS) is 1. The molecule has 0 radical (unpaired) electrons. The lowest BCUT2D eigenvalue weighted by molar-refractivity contribution is -0.192. The van der Waals surface area contributed by atoms with Gasteiger partial charge in [0.1, 0.15) is 6.04 Å². The monoisotopic (exact) mass is 319 g/mol. The van der Waals surface area contributed by atoms with E-state index in [1.165, 1.54) is 11.8 Å².